The fourth-order valence-corrected chi connectivity index (χ4v) is 3.08. The van der Waals surface area contributed by atoms with Crippen LogP contribution < -0.4 is 10.9 Å². The van der Waals surface area contributed by atoms with Gasteiger partial charge in [0.25, 0.3) is 5.56 Å². The topological polar surface area (TPSA) is 103 Å². The number of amides is 1. The molecular weight excluding hydrogens is 354 g/mol. The third-order valence-electron chi connectivity index (χ3n) is 3.71. The second-order valence-electron chi connectivity index (χ2n) is 5.47. The monoisotopic (exact) mass is 367 g/mol. The first kappa shape index (κ1) is 16.2. The Morgan fingerprint density at radius 1 is 1.23 bits per heavy atom. The van der Waals surface area contributed by atoms with Gasteiger partial charge in [0, 0.05) is 4.88 Å². The van der Waals surface area contributed by atoms with E-state index in [4.69, 9.17) is 4.52 Å². The molecule has 26 heavy (non-hydrogen) atoms. The molecule has 0 saturated heterocycles. The Morgan fingerprint density at radius 2 is 2.12 bits per heavy atom. The molecule has 3 heterocycles. The Hall–Kier alpha value is -3.33. The molecule has 0 aliphatic heterocycles. The second-order valence-corrected chi connectivity index (χ2v) is 6.50. The van der Waals surface area contributed by atoms with Crippen molar-refractivity contribution in [3.63, 3.8) is 0 Å². The first-order valence-corrected chi connectivity index (χ1v) is 8.66. The van der Waals surface area contributed by atoms with Crippen LogP contribution in [-0.2, 0) is 13.1 Å². The molecule has 1 aromatic carbocycles. The van der Waals surface area contributed by atoms with Crippen LogP contribution in [0.5, 0.6) is 0 Å². The number of para-hydroxylation sites is 1. The van der Waals surface area contributed by atoms with Crippen LogP contribution in [0.4, 0.5) is 0 Å². The average Bonchev–Trinajstić information content (AvgIpc) is 3.34. The van der Waals surface area contributed by atoms with Gasteiger partial charge in [0.15, 0.2) is 5.82 Å². The van der Waals surface area contributed by atoms with Crippen molar-refractivity contribution < 1.29 is 9.32 Å². The van der Waals surface area contributed by atoms with Crippen molar-refractivity contribution in [3.05, 3.63) is 75.1 Å². The Morgan fingerprint density at radius 3 is 2.96 bits per heavy atom. The molecule has 4 aromatic rings. The first-order valence-electron chi connectivity index (χ1n) is 7.78. The van der Waals surface area contributed by atoms with E-state index in [9.17, 15) is 9.59 Å². The third kappa shape index (κ3) is 3.24. The summed E-state index contributed by atoms with van der Waals surface area (Å²) in [6.45, 7) is 0.459. The average molecular weight is 367 g/mol. The molecule has 0 atom stereocenters. The lowest BCUT2D eigenvalue weighted by molar-refractivity contribution is 0.0907. The minimum Gasteiger partial charge on any atom is -0.343 e. The van der Waals surface area contributed by atoms with Crippen LogP contribution in [0.15, 0.2) is 57.4 Å². The summed E-state index contributed by atoms with van der Waals surface area (Å²) in [5, 5.41) is 8.91. The number of fused-ring (bicyclic) bond motifs is 1. The van der Waals surface area contributed by atoms with Crippen molar-refractivity contribution >= 4 is 28.1 Å². The summed E-state index contributed by atoms with van der Waals surface area (Å²) in [4.78, 5) is 33.8. The quantitative estimate of drug-likeness (QED) is 0.577. The predicted molar refractivity (Wildman–Crippen MR) is 94.9 cm³/mol. The van der Waals surface area contributed by atoms with Crippen molar-refractivity contribution in [1.82, 2.24) is 25.0 Å². The molecule has 9 heteroatoms. The number of nitrogens with one attached hydrogen (secondary N) is 1. The minimum absolute atomic E-state index is 0.0678. The number of benzene rings is 1. The fourth-order valence-electron chi connectivity index (χ4n) is 2.44. The molecule has 0 aliphatic rings. The van der Waals surface area contributed by atoms with E-state index < -0.39 is 5.91 Å². The van der Waals surface area contributed by atoms with Crippen molar-refractivity contribution in [2.75, 3.05) is 0 Å². The van der Waals surface area contributed by atoms with Crippen LogP contribution in [0.1, 0.15) is 21.4 Å². The van der Waals surface area contributed by atoms with E-state index in [1.54, 1.807) is 29.5 Å². The van der Waals surface area contributed by atoms with Gasteiger partial charge in [-0.15, -0.1) is 11.3 Å². The summed E-state index contributed by atoms with van der Waals surface area (Å²) < 4.78 is 6.37. The van der Waals surface area contributed by atoms with Crippen LogP contribution in [-0.4, -0.2) is 25.6 Å². The molecule has 0 aliphatic carbocycles. The molecule has 1 N–H and O–H groups in total. The lowest BCUT2D eigenvalue weighted by Crippen LogP contribution is -2.23. The van der Waals surface area contributed by atoms with Gasteiger partial charge < -0.3 is 9.84 Å². The van der Waals surface area contributed by atoms with Crippen molar-refractivity contribution in [1.29, 1.82) is 0 Å². The van der Waals surface area contributed by atoms with Crippen LogP contribution in [0.3, 0.4) is 0 Å². The summed E-state index contributed by atoms with van der Waals surface area (Å²) >= 11 is 1.54. The molecule has 0 bridgehead atoms. The van der Waals surface area contributed by atoms with E-state index in [1.165, 1.54) is 10.9 Å². The van der Waals surface area contributed by atoms with Crippen LogP contribution >= 0.6 is 11.3 Å². The highest BCUT2D eigenvalue weighted by Crippen LogP contribution is 2.08. The summed E-state index contributed by atoms with van der Waals surface area (Å²) in [6.07, 6.45) is 1.43. The fraction of sp³-hybridized carbons (Fsp3) is 0.118. The van der Waals surface area contributed by atoms with E-state index in [0.29, 0.717) is 17.4 Å². The van der Waals surface area contributed by atoms with E-state index in [-0.39, 0.29) is 23.8 Å². The molecule has 8 nitrogen and oxygen atoms in total. The zero-order valence-electron chi connectivity index (χ0n) is 13.5. The van der Waals surface area contributed by atoms with E-state index >= 15 is 0 Å². The highest BCUT2D eigenvalue weighted by atomic mass is 32.1. The Bertz CT molecular complexity index is 1120. The number of hydrogen-bond donors (Lipinski definition) is 1. The van der Waals surface area contributed by atoms with Gasteiger partial charge >= 0.3 is 11.8 Å². The number of hydrogen-bond acceptors (Lipinski definition) is 7. The molecule has 0 unspecified atom stereocenters. The van der Waals surface area contributed by atoms with Gasteiger partial charge in [-0.2, -0.15) is 4.98 Å². The van der Waals surface area contributed by atoms with Gasteiger partial charge in [0.1, 0.15) is 0 Å². The first-order chi connectivity index (χ1) is 12.7. The number of carbonyl (C=O) groups excluding carboxylic acids is 1. The minimum atomic E-state index is -0.457. The maximum Gasteiger partial charge on any atom is 0.316 e. The molecule has 130 valence electrons. The highest BCUT2D eigenvalue weighted by Gasteiger charge is 2.16. The SMILES string of the molecule is O=C(NCc1cccs1)c1nc(Cn2cnc3ccccc3c2=O)no1. The normalized spacial score (nSPS) is 10.9. The molecule has 1 amide bonds. The standard InChI is InChI=1S/C17H13N5O3S/c23-15(18-8-11-4-3-7-26-11)16-20-14(21-25-16)9-22-10-19-13-6-2-1-5-12(13)17(22)24/h1-7,10H,8-9H2,(H,18,23). The Labute approximate surface area is 151 Å². The Balaban J connectivity index is 1.49. The molecule has 0 saturated carbocycles. The third-order valence-corrected chi connectivity index (χ3v) is 4.59. The van der Waals surface area contributed by atoms with E-state index in [1.807, 2.05) is 23.6 Å². The summed E-state index contributed by atoms with van der Waals surface area (Å²) in [6, 6.07) is 10.9. The van der Waals surface area contributed by atoms with E-state index in [0.717, 1.165) is 4.88 Å². The van der Waals surface area contributed by atoms with Crippen molar-refractivity contribution in [2.24, 2.45) is 0 Å². The van der Waals surface area contributed by atoms with Gasteiger partial charge in [0.05, 0.1) is 30.3 Å². The van der Waals surface area contributed by atoms with E-state index in [2.05, 4.69) is 20.4 Å². The molecular formula is C17H13N5O3S. The van der Waals surface area contributed by atoms with Gasteiger partial charge in [-0.3, -0.25) is 14.2 Å². The highest BCUT2D eigenvalue weighted by molar-refractivity contribution is 7.09. The molecule has 0 spiro atoms. The van der Waals surface area contributed by atoms with Gasteiger partial charge in [-0.05, 0) is 23.6 Å². The predicted octanol–water partition coefficient (Wildman–Crippen LogP) is 1.82. The van der Waals surface area contributed by atoms with Crippen LogP contribution in [0.25, 0.3) is 10.9 Å². The Kier molecular flexibility index (Phi) is 4.28. The number of thiophene rings is 1. The molecule has 4 rings (SSSR count). The zero-order valence-corrected chi connectivity index (χ0v) is 14.3. The summed E-state index contributed by atoms with van der Waals surface area (Å²) in [7, 11) is 0. The van der Waals surface area contributed by atoms with Gasteiger partial charge in [-0.1, -0.05) is 23.4 Å². The van der Waals surface area contributed by atoms with Gasteiger partial charge in [0.2, 0.25) is 0 Å². The number of rotatable bonds is 5. The maximum absolute atomic E-state index is 12.5. The molecule has 0 fully saturated rings. The van der Waals surface area contributed by atoms with Gasteiger partial charge in [-0.25, -0.2) is 4.98 Å². The zero-order chi connectivity index (χ0) is 17.9. The van der Waals surface area contributed by atoms with Crippen LogP contribution in [0.2, 0.25) is 0 Å². The number of carbonyl (C=O) groups is 1. The van der Waals surface area contributed by atoms with Crippen molar-refractivity contribution in [2.45, 2.75) is 13.1 Å². The smallest absolute Gasteiger partial charge is 0.316 e. The molecule has 0 radical (unpaired) electrons. The summed E-state index contributed by atoms with van der Waals surface area (Å²) in [5.41, 5.74) is 0.416. The lowest BCUT2D eigenvalue weighted by atomic mass is 10.2. The largest absolute Gasteiger partial charge is 0.343 e. The lowest BCUT2D eigenvalue weighted by Gasteiger charge is -2.03. The maximum atomic E-state index is 12.5. The second kappa shape index (κ2) is 6.89. The van der Waals surface area contributed by atoms with Crippen molar-refractivity contribution in [3.8, 4) is 0 Å². The molecule has 3 aromatic heterocycles. The van der Waals surface area contributed by atoms with Crippen LogP contribution in [0, 0.1) is 0 Å². The number of nitrogens with zero attached hydrogens (tertiary/aromatic N) is 4. The summed E-state index contributed by atoms with van der Waals surface area (Å²) in [5.74, 6) is -0.370. The number of aromatic nitrogens is 4.